The minimum atomic E-state index is -0.0832. The van der Waals surface area contributed by atoms with Gasteiger partial charge in [-0.15, -0.1) is 0 Å². The van der Waals surface area contributed by atoms with E-state index in [9.17, 15) is 4.79 Å². The molecule has 1 aliphatic heterocycles. The van der Waals surface area contributed by atoms with Gasteiger partial charge in [0.05, 0.1) is 30.8 Å². The van der Waals surface area contributed by atoms with Crippen LogP contribution >= 0.6 is 0 Å². The van der Waals surface area contributed by atoms with Crippen molar-refractivity contribution in [1.29, 1.82) is 5.26 Å². The van der Waals surface area contributed by atoms with Gasteiger partial charge in [0.1, 0.15) is 0 Å². The highest BCUT2D eigenvalue weighted by Crippen LogP contribution is 2.22. The average molecular weight is 308 g/mol. The van der Waals surface area contributed by atoms with Crippen LogP contribution in [0.15, 0.2) is 41.2 Å². The number of rotatable bonds is 4. The Morgan fingerprint density at radius 1 is 1.26 bits per heavy atom. The summed E-state index contributed by atoms with van der Waals surface area (Å²) >= 11 is 0. The lowest BCUT2D eigenvalue weighted by Crippen LogP contribution is -2.29. The van der Waals surface area contributed by atoms with Crippen LogP contribution in [0.5, 0.6) is 0 Å². The Kier molecular flexibility index (Phi) is 4.59. The van der Waals surface area contributed by atoms with E-state index in [0.29, 0.717) is 12.1 Å². The van der Waals surface area contributed by atoms with E-state index in [1.54, 1.807) is 10.6 Å². The fourth-order valence-corrected chi connectivity index (χ4v) is 2.99. The van der Waals surface area contributed by atoms with E-state index in [4.69, 9.17) is 10.00 Å². The Hall–Kier alpha value is -2.38. The summed E-state index contributed by atoms with van der Waals surface area (Å²) in [5.41, 5.74) is 3.53. The molecule has 1 aromatic carbocycles. The van der Waals surface area contributed by atoms with E-state index in [1.165, 1.54) is 5.56 Å². The number of hydrogen-bond acceptors (Lipinski definition) is 3. The lowest BCUT2D eigenvalue weighted by molar-refractivity contribution is 0.0965. The highest BCUT2D eigenvalue weighted by molar-refractivity contribution is 5.60. The summed E-state index contributed by atoms with van der Waals surface area (Å²) in [5.74, 6) is 0. The molecule has 0 bridgehead atoms. The second-order valence-electron chi connectivity index (χ2n) is 6.00. The van der Waals surface area contributed by atoms with Gasteiger partial charge < -0.3 is 9.30 Å². The van der Waals surface area contributed by atoms with Crippen LogP contribution in [0.3, 0.4) is 0 Å². The Morgan fingerprint density at radius 3 is 2.70 bits per heavy atom. The first-order valence-corrected chi connectivity index (χ1v) is 7.97. The van der Waals surface area contributed by atoms with Crippen molar-refractivity contribution in [3.63, 3.8) is 0 Å². The van der Waals surface area contributed by atoms with Crippen LogP contribution in [0.1, 0.15) is 24.0 Å². The number of hydrogen-bond donors (Lipinski definition) is 0. The van der Waals surface area contributed by atoms with Gasteiger partial charge in [-0.2, -0.15) is 5.26 Å². The summed E-state index contributed by atoms with van der Waals surface area (Å²) in [5, 5.41) is 8.91. The minimum absolute atomic E-state index is 0.0780. The van der Waals surface area contributed by atoms with Crippen LogP contribution in [0.2, 0.25) is 0 Å². The zero-order valence-corrected chi connectivity index (χ0v) is 13.3. The molecule has 1 aromatic heterocycles. The van der Waals surface area contributed by atoms with Gasteiger partial charge in [0.15, 0.2) is 0 Å². The zero-order chi connectivity index (χ0) is 16.2. The molecule has 2 aromatic rings. The molecule has 0 spiro atoms. The SMILES string of the molecule is Cc1ccc(-c2ccc(CC#N)c(=O)n2CC2CCCO2)cc1. The lowest BCUT2D eigenvalue weighted by Gasteiger charge is -2.18. The molecule has 1 aliphatic rings. The van der Waals surface area contributed by atoms with Crippen molar-refractivity contribution >= 4 is 0 Å². The van der Waals surface area contributed by atoms with Gasteiger partial charge in [-0.1, -0.05) is 35.9 Å². The van der Waals surface area contributed by atoms with Gasteiger partial charge in [-0.25, -0.2) is 0 Å². The molecular weight excluding hydrogens is 288 g/mol. The predicted molar refractivity (Wildman–Crippen MR) is 89.2 cm³/mol. The Labute approximate surface area is 135 Å². The van der Waals surface area contributed by atoms with Crippen molar-refractivity contribution in [2.45, 2.75) is 38.8 Å². The van der Waals surface area contributed by atoms with Crippen molar-refractivity contribution in [3.8, 4) is 17.3 Å². The maximum atomic E-state index is 12.8. The maximum absolute atomic E-state index is 12.8. The molecule has 1 unspecified atom stereocenters. The van der Waals surface area contributed by atoms with Gasteiger partial charge in [-0.3, -0.25) is 4.79 Å². The molecule has 1 atom stereocenters. The zero-order valence-electron chi connectivity index (χ0n) is 13.3. The molecule has 118 valence electrons. The second kappa shape index (κ2) is 6.80. The highest BCUT2D eigenvalue weighted by Gasteiger charge is 2.19. The number of aromatic nitrogens is 1. The highest BCUT2D eigenvalue weighted by atomic mass is 16.5. The molecule has 0 radical (unpaired) electrons. The molecule has 3 rings (SSSR count). The topological polar surface area (TPSA) is 55.0 Å². The van der Waals surface area contributed by atoms with E-state index >= 15 is 0 Å². The summed E-state index contributed by atoms with van der Waals surface area (Å²) in [6.07, 6.45) is 2.23. The number of benzene rings is 1. The van der Waals surface area contributed by atoms with E-state index in [-0.39, 0.29) is 18.1 Å². The number of pyridine rings is 1. The number of ether oxygens (including phenoxy) is 1. The van der Waals surface area contributed by atoms with Gasteiger partial charge >= 0.3 is 0 Å². The Balaban J connectivity index is 2.06. The van der Waals surface area contributed by atoms with Crippen LogP contribution < -0.4 is 5.56 Å². The third-order valence-electron chi connectivity index (χ3n) is 4.28. The van der Waals surface area contributed by atoms with Crippen LogP contribution in [-0.2, 0) is 17.7 Å². The summed E-state index contributed by atoms with van der Waals surface area (Å²) in [6.45, 7) is 3.34. The molecule has 0 N–H and O–H groups in total. The smallest absolute Gasteiger partial charge is 0.255 e. The van der Waals surface area contributed by atoms with E-state index in [0.717, 1.165) is 30.7 Å². The largest absolute Gasteiger partial charge is 0.376 e. The van der Waals surface area contributed by atoms with E-state index < -0.39 is 0 Å². The first-order chi connectivity index (χ1) is 11.2. The quantitative estimate of drug-likeness (QED) is 0.872. The lowest BCUT2D eigenvalue weighted by atomic mass is 10.1. The number of aryl methyl sites for hydroxylation is 1. The first kappa shape index (κ1) is 15.5. The van der Waals surface area contributed by atoms with Crippen LogP contribution in [-0.4, -0.2) is 17.3 Å². The normalized spacial score (nSPS) is 17.1. The molecule has 2 heterocycles. The third kappa shape index (κ3) is 3.35. The van der Waals surface area contributed by atoms with Gasteiger partial charge in [0.2, 0.25) is 0 Å². The summed E-state index contributed by atoms with van der Waals surface area (Å²) in [4.78, 5) is 12.8. The minimum Gasteiger partial charge on any atom is -0.376 e. The molecule has 0 saturated carbocycles. The van der Waals surface area contributed by atoms with Crippen LogP contribution in [0.25, 0.3) is 11.3 Å². The Morgan fingerprint density at radius 2 is 2.04 bits per heavy atom. The molecule has 4 nitrogen and oxygen atoms in total. The van der Waals surface area contributed by atoms with Crippen molar-refractivity contribution in [3.05, 3.63) is 57.9 Å². The summed E-state index contributed by atoms with van der Waals surface area (Å²) in [7, 11) is 0. The van der Waals surface area contributed by atoms with Crippen molar-refractivity contribution in [1.82, 2.24) is 4.57 Å². The third-order valence-corrected chi connectivity index (χ3v) is 4.28. The van der Waals surface area contributed by atoms with Crippen molar-refractivity contribution < 1.29 is 4.74 Å². The summed E-state index contributed by atoms with van der Waals surface area (Å²) < 4.78 is 7.47. The van der Waals surface area contributed by atoms with Crippen molar-refractivity contribution in [2.75, 3.05) is 6.61 Å². The average Bonchev–Trinajstić information content (AvgIpc) is 3.06. The molecule has 23 heavy (non-hydrogen) atoms. The monoisotopic (exact) mass is 308 g/mol. The molecule has 1 saturated heterocycles. The van der Waals surface area contributed by atoms with E-state index in [1.807, 2.05) is 37.3 Å². The number of nitriles is 1. The summed E-state index contributed by atoms with van der Waals surface area (Å²) in [6, 6.07) is 13.9. The predicted octanol–water partition coefficient (Wildman–Crippen LogP) is 3.07. The molecule has 0 aliphatic carbocycles. The fourth-order valence-electron chi connectivity index (χ4n) is 2.99. The Bertz CT molecular complexity index is 778. The van der Waals surface area contributed by atoms with Crippen LogP contribution in [0.4, 0.5) is 0 Å². The van der Waals surface area contributed by atoms with Gasteiger partial charge in [0.25, 0.3) is 5.56 Å². The van der Waals surface area contributed by atoms with Gasteiger partial charge in [0, 0.05) is 12.2 Å². The fraction of sp³-hybridized carbons (Fsp3) is 0.368. The number of nitrogens with zero attached hydrogens (tertiary/aromatic N) is 2. The molecule has 4 heteroatoms. The van der Waals surface area contributed by atoms with E-state index in [2.05, 4.69) is 6.07 Å². The second-order valence-corrected chi connectivity index (χ2v) is 6.00. The standard InChI is InChI=1S/C19H20N2O2/c1-14-4-6-15(7-5-14)18-9-8-16(10-11-20)19(22)21(18)13-17-3-2-12-23-17/h4-9,17H,2-3,10,12-13H2,1H3. The molecule has 0 amide bonds. The van der Waals surface area contributed by atoms with Gasteiger partial charge in [-0.05, 0) is 31.4 Å². The van der Waals surface area contributed by atoms with Crippen molar-refractivity contribution in [2.24, 2.45) is 0 Å². The first-order valence-electron chi connectivity index (χ1n) is 7.97. The van der Waals surface area contributed by atoms with Crippen LogP contribution in [0, 0.1) is 18.3 Å². The molecular formula is C19H20N2O2. The maximum Gasteiger partial charge on any atom is 0.255 e. The molecule has 1 fully saturated rings.